The number of hydrogen-bond acceptors (Lipinski definition) is 5. The minimum absolute atomic E-state index is 0.611. The number of aromatic nitrogens is 3. The molecule has 106 valence electrons. The molecule has 0 radical (unpaired) electrons. The smallest absolute Gasteiger partial charge is 0.225 e. The third-order valence-corrected chi connectivity index (χ3v) is 4.99. The molecule has 1 saturated heterocycles. The summed E-state index contributed by atoms with van der Waals surface area (Å²) in [6.07, 6.45) is 7.17. The maximum absolute atomic E-state index is 4.62. The molecule has 4 nitrogen and oxygen atoms in total. The molecule has 2 aromatic heterocycles. The van der Waals surface area contributed by atoms with E-state index in [0.29, 0.717) is 5.92 Å². The molecule has 0 amide bonds. The molecule has 3 rings (SSSR count). The number of aryl methyl sites for hydroxylation is 2. The molecule has 0 aliphatic carbocycles. The Morgan fingerprint density at radius 1 is 1.25 bits per heavy atom. The lowest BCUT2D eigenvalue weighted by atomic mass is 9.98. The number of hydrogen-bond donors (Lipinski definition) is 0. The normalized spacial score (nSPS) is 16.6. The Balaban J connectivity index is 1.63. The van der Waals surface area contributed by atoms with Crippen LogP contribution in [-0.4, -0.2) is 28.0 Å². The summed E-state index contributed by atoms with van der Waals surface area (Å²) in [7, 11) is 0. The highest BCUT2D eigenvalue weighted by molar-refractivity contribution is 7.09. The monoisotopic (exact) mass is 288 g/mol. The van der Waals surface area contributed by atoms with Crippen molar-refractivity contribution in [2.45, 2.75) is 39.0 Å². The molecule has 0 saturated carbocycles. The van der Waals surface area contributed by atoms with Crippen molar-refractivity contribution < 1.29 is 0 Å². The van der Waals surface area contributed by atoms with E-state index in [2.05, 4.69) is 39.1 Å². The van der Waals surface area contributed by atoms with Crippen LogP contribution in [0.4, 0.5) is 5.95 Å². The van der Waals surface area contributed by atoms with E-state index in [-0.39, 0.29) is 0 Å². The predicted molar refractivity (Wildman–Crippen MR) is 82.4 cm³/mol. The van der Waals surface area contributed by atoms with Crippen molar-refractivity contribution in [1.29, 1.82) is 0 Å². The van der Waals surface area contributed by atoms with E-state index in [9.17, 15) is 0 Å². The van der Waals surface area contributed by atoms with Gasteiger partial charge in [0.15, 0.2) is 0 Å². The molecule has 1 fully saturated rings. The largest absolute Gasteiger partial charge is 0.341 e. The molecule has 0 spiro atoms. The molecular formula is C15H20N4S. The highest BCUT2D eigenvalue weighted by atomic mass is 32.1. The number of thiazole rings is 1. The zero-order valence-electron chi connectivity index (χ0n) is 12.0. The molecule has 2 aromatic rings. The zero-order valence-corrected chi connectivity index (χ0v) is 12.9. The molecule has 0 atom stereocenters. The summed E-state index contributed by atoms with van der Waals surface area (Å²) in [5.74, 6) is 1.48. The van der Waals surface area contributed by atoms with Gasteiger partial charge in [-0.3, -0.25) is 0 Å². The third kappa shape index (κ3) is 2.82. The van der Waals surface area contributed by atoms with E-state index in [0.717, 1.165) is 44.0 Å². The molecule has 1 aliphatic rings. The van der Waals surface area contributed by atoms with E-state index in [1.807, 2.05) is 12.4 Å². The Bertz CT molecular complexity index is 556. The summed E-state index contributed by atoms with van der Waals surface area (Å²) in [6.45, 7) is 6.24. The molecule has 0 bridgehead atoms. The second kappa shape index (κ2) is 5.87. The van der Waals surface area contributed by atoms with Gasteiger partial charge in [0.1, 0.15) is 0 Å². The lowest BCUT2D eigenvalue weighted by Crippen LogP contribution is -2.34. The SMILES string of the molecule is CCc1cnc(N2CCC(c3nc(C)cs3)CC2)nc1. The van der Waals surface area contributed by atoms with Gasteiger partial charge in [-0.15, -0.1) is 11.3 Å². The molecule has 0 unspecified atom stereocenters. The standard InChI is InChI=1S/C15H20N4S/c1-3-12-8-16-15(17-9-12)19-6-4-13(5-7-19)14-18-11(2)10-20-14/h8-10,13H,3-7H2,1-2H3. The lowest BCUT2D eigenvalue weighted by molar-refractivity contribution is 0.497. The second-order valence-electron chi connectivity index (χ2n) is 5.33. The first-order valence-electron chi connectivity index (χ1n) is 7.24. The van der Waals surface area contributed by atoms with E-state index in [1.165, 1.54) is 10.6 Å². The molecule has 3 heterocycles. The van der Waals surface area contributed by atoms with Crippen LogP contribution in [0.15, 0.2) is 17.8 Å². The number of rotatable bonds is 3. The molecule has 5 heteroatoms. The highest BCUT2D eigenvalue weighted by Gasteiger charge is 2.23. The van der Waals surface area contributed by atoms with Crippen LogP contribution in [0.1, 0.15) is 41.9 Å². The van der Waals surface area contributed by atoms with Gasteiger partial charge in [-0.05, 0) is 31.7 Å². The van der Waals surface area contributed by atoms with Gasteiger partial charge in [0.25, 0.3) is 0 Å². The van der Waals surface area contributed by atoms with Crippen LogP contribution in [-0.2, 0) is 6.42 Å². The fourth-order valence-electron chi connectivity index (χ4n) is 2.58. The summed E-state index contributed by atoms with van der Waals surface area (Å²) in [4.78, 5) is 15.9. The van der Waals surface area contributed by atoms with Gasteiger partial charge in [-0.1, -0.05) is 6.92 Å². The van der Waals surface area contributed by atoms with Crippen molar-refractivity contribution in [2.24, 2.45) is 0 Å². The Hall–Kier alpha value is -1.49. The Morgan fingerprint density at radius 2 is 1.95 bits per heavy atom. The van der Waals surface area contributed by atoms with E-state index < -0.39 is 0 Å². The van der Waals surface area contributed by atoms with Crippen molar-refractivity contribution in [2.75, 3.05) is 18.0 Å². The Labute approximate surface area is 123 Å². The molecular weight excluding hydrogens is 268 g/mol. The van der Waals surface area contributed by atoms with Crippen molar-refractivity contribution in [3.05, 3.63) is 34.0 Å². The quantitative estimate of drug-likeness (QED) is 0.870. The predicted octanol–water partition coefficient (Wildman–Crippen LogP) is 3.19. The fraction of sp³-hybridized carbons (Fsp3) is 0.533. The van der Waals surface area contributed by atoms with Crippen LogP contribution in [0.3, 0.4) is 0 Å². The first-order chi connectivity index (χ1) is 9.76. The van der Waals surface area contributed by atoms with Crippen molar-refractivity contribution in [3.8, 4) is 0 Å². The zero-order chi connectivity index (χ0) is 13.9. The average molecular weight is 288 g/mol. The van der Waals surface area contributed by atoms with Gasteiger partial charge in [0.05, 0.1) is 5.01 Å². The maximum Gasteiger partial charge on any atom is 0.225 e. The lowest BCUT2D eigenvalue weighted by Gasteiger charge is -2.31. The van der Waals surface area contributed by atoms with E-state index in [4.69, 9.17) is 0 Å². The Kier molecular flexibility index (Phi) is 3.96. The van der Waals surface area contributed by atoms with Gasteiger partial charge in [-0.25, -0.2) is 15.0 Å². The first kappa shape index (κ1) is 13.5. The van der Waals surface area contributed by atoms with Gasteiger partial charge in [0.2, 0.25) is 5.95 Å². The molecule has 0 N–H and O–H groups in total. The molecule has 1 aliphatic heterocycles. The number of piperidine rings is 1. The first-order valence-corrected chi connectivity index (χ1v) is 8.12. The summed E-state index contributed by atoms with van der Waals surface area (Å²) in [5, 5.41) is 3.44. The second-order valence-corrected chi connectivity index (χ2v) is 6.22. The summed E-state index contributed by atoms with van der Waals surface area (Å²) < 4.78 is 0. The van der Waals surface area contributed by atoms with Crippen LogP contribution in [0.5, 0.6) is 0 Å². The van der Waals surface area contributed by atoms with Gasteiger partial charge in [0, 0.05) is 42.5 Å². The molecule has 20 heavy (non-hydrogen) atoms. The maximum atomic E-state index is 4.62. The van der Waals surface area contributed by atoms with Crippen LogP contribution in [0.25, 0.3) is 0 Å². The van der Waals surface area contributed by atoms with Crippen molar-refractivity contribution >= 4 is 17.3 Å². The van der Waals surface area contributed by atoms with Crippen molar-refractivity contribution in [3.63, 3.8) is 0 Å². The van der Waals surface area contributed by atoms with Gasteiger partial charge in [-0.2, -0.15) is 0 Å². The average Bonchev–Trinajstić information content (AvgIpc) is 2.94. The minimum atomic E-state index is 0.611. The summed E-state index contributed by atoms with van der Waals surface area (Å²) in [6, 6.07) is 0. The third-order valence-electron chi connectivity index (χ3n) is 3.86. The summed E-state index contributed by atoms with van der Waals surface area (Å²) >= 11 is 1.80. The number of anilines is 1. The van der Waals surface area contributed by atoms with E-state index in [1.54, 1.807) is 11.3 Å². The van der Waals surface area contributed by atoms with Crippen LogP contribution >= 0.6 is 11.3 Å². The van der Waals surface area contributed by atoms with Gasteiger partial charge >= 0.3 is 0 Å². The molecule has 0 aromatic carbocycles. The van der Waals surface area contributed by atoms with E-state index >= 15 is 0 Å². The van der Waals surface area contributed by atoms with Crippen LogP contribution in [0, 0.1) is 6.92 Å². The van der Waals surface area contributed by atoms with Crippen LogP contribution in [0.2, 0.25) is 0 Å². The minimum Gasteiger partial charge on any atom is -0.341 e. The van der Waals surface area contributed by atoms with Crippen molar-refractivity contribution in [1.82, 2.24) is 15.0 Å². The Morgan fingerprint density at radius 3 is 2.50 bits per heavy atom. The number of nitrogens with zero attached hydrogens (tertiary/aromatic N) is 4. The summed E-state index contributed by atoms with van der Waals surface area (Å²) in [5.41, 5.74) is 2.34. The topological polar surface area (TPSA) is 41.9 Å². The van der Waals surface area contributed by atoms with Gasteiger partial charge < -0.3 is 4.90 Å². The van der Waals surface area contributed by atoms with Crippen LogP contribution < -0.4 is 4.90 Å². The fourth-order valence-corrected chi connectivity index (χ4v) is 3.55. The highest BCUT2D eigenvalue weighted by Crippen LogP contribution is 2.31.